The first-order valence-corrected chi connectivity index (χ1v) is 9.41. The van der Waals surface area contributed by atoms with Crippen molar-refractivity contribution in [3.63, 3.8) is 0 Å². The highest BCUT2D eigenvalue weighted by Gasteiger charge is 2.30. The van der Waals surface area contributed by atoms with Gasteiger partial charge in [0.25, 0.3) is 0 Å². The maximum Gasteiger partial charge on any atom is 0.228 e. The number of anilines is 1. The standard InChI is InChI=1S/C20H17ClFN5O2/c21-12-5-6-14(16(22)9-12)18-11-27(26-25-18)8-7-23-20(29)15-10-19(28)24-17-4-2-1-3-13(15)17/h1-6,9,11,15H,7-8,10H2,(H,23,29)(H,24,28). The van der Waals surface area contributed by atoms with E-state index in [2.05, 4.69) is 20.9 Å². The first kappa shape index (κ1) is 19.1. The second-order valence-corrected chi connectivity index (χ2v) is 7.11. The minimum absolute atomic E-state index is 0.103. The highest BCUT2D eigenvalue weighted by Crippen LogP contribution is 2.32. The van der Waals surface area contributed by atoms with Crippen molar-refractivity contribution in [1.82, 2.24) is 20.3 Å². The Morgan fingerprint density at radius 2 is 2.14 bits per heavy atom. The van der Waals surface area contributed by atoms with E-state index in [9.17, 15) is 14.0 Å². The molecule has 0 aliphatic carbocycles. The van der Waals surface area contributed by atoms with Crippen LogP contribution in [0.4, 0.5) is 10.1 Å². The summed E-state index contributed by atoms with van der Waals surface area (Å²) in [5, 5.41) is 13.8. The Balaban J connectivity index is 1.38. The zero-order valence-electron chi connectivity index (χ0n) is 15.2. The average Bonchev–Trinajstić information content (AvgIpc) is 3.15. The van der Waals surface area contributed by atoms with Crippen molar-refractivity contribution in [2.24, 2.45) is 0 Å². The van der Waals surface area contributed by atoms with Crippen LogP contribution < -0.4 is 10.6 Å². The number of carbonyl (C=O) groups excluding carboxylic acids is 2. The number of hydrogen-bond acceptors (Lipinski definition) is 4. The largest absolute Gasteiger partial charge is 0.354 e. The number of aromatic nitrogens is 3. The van der Waals surface area contributed by atoms with Crippen molar-refractivity contribution in [1.29, 1.82) is 0 Å². The Morgan fingerprint density at radius 1 is 1.31 bits per heavy atom. The molecule has 1 atom stereocenters. The molecular weight excluding hydrogens is 397 g/mol. The number of halogens is 2. The van der Waals surface area contributed by atoms with Gasteiger partial charge in [0.2, 0.25) is 11.8 Å². The predicted octanol–water partition coefficient (Wildman–Crippen LogP) is 2.98. The molecule has 2 N–H and O–H groups in total. The number of amides is 2. The van der Waals surface area contributed by atoms with Crippen LogP contribution in [0, 0.1) is 5.82 Å². The molecule has 0 fully saturated rings. The lowest BCUT2D eigenvalue weighted by atomic mass is 9.90. The molecule has 3 aromatic rings. The molecule has 2 heterocycles. The Kier molecular flexibility index (Phi) is 5.26. The molecule has 0 radical (unpaired) electrons. The van der Waals surface area contributed by atoms with Crippen LogP contribution in [0.2, 0.25) is 5.02 Å². The summed E-state index contributed by atoms with van der Waals surface area (Å²) in [7, 11) is 0. The van der Waals surface area contributed by atoms with Gasteiger partial charge in [-0.1, -0.05) is 35.0 Å². The van der Waals surface area contributed by atoms with Gasteiger partial charge in [-0.05, 0) is 29.8 Å². The summed E-state index contributed by atoms with van der Waals surface area (Å²) in [5.41, 5.74) is 2.14. The van der Waals surface area contributed by atoms with Gasteiger partial charge in [0.05, 0.1) is 18.7 Å². The topological polar surface area (TPSA) is 88.9 Å². The lowest BCUT2D eigenvalue weighted by molar-refractivity contribution is -0.126. The monoisotopic (exact) mass is 413 g/mol. The second-order valence-electron chi connectivity index (χ2n) is 6.67. The minimum Gasteiger partial charge on any atom is -0.354 e. The highest BCUT2D eigenvalue weighted by molar-refractivity contribution is 6.30. The van der Waals surface area contributed by atoms with E-state index in [0.717, 1.165) is 5.56 Å². The quantitative estimate of drug-likeness (QED) is 0.673. The average molecular weight is 414 g/mol. The molecule has 0 saturated heterocycles. The van der Waals surface area contributed by atoms with E-state index in [-0.39, 0.29) is 18.2 Å². The van der Waals surface area contributed by atoms with Gasteiger partial charge in [-0.3, -0.25) is 14.3 Å². The third kappa shape index (κ3) is 4.12. The van der Waals surface area contributed by atoms with Crippen LogP contribution in [0.5, 0.6) is 0 Å². The van der Waals surface area contributed by atoms with E-state index in [1.54, 1.807) is 24.4 Å². The molecule has 1 aliphatic heterocycles. The van der Waals surface area contributed by atoms with Crippen LogP contribution in [0.15, 0.2) is 48.7 Å². The predicted molar refractivity (Wildman–Crippen MR) is 106 cm³/mol. The van der Waals surface area contributed by atoms with Crippen LogP contribution >= 0.6 is 11.6 Å². The summed E-state index contributed by atoms with van der Waals surface area (Å²) in [6.07, 6.45) is 1.70. The summed E-state index contributed by atoms with van der Waals surface area (Å²) in [4.78, 5) is 24.5. The maximum atomic E-state index is 14.0. The Hall–Kier alpha value is -3.26. The van der Waals surface area contributed by atoms with Gasteiger partial charge >= 0.3 is 0 Å². The Bertz CT molecular complexity index is 1080. The third-order valence-corrected chi connectivity index (χ3v) is 4.94. The fraction of sp³-hybridized carbons (Fsp3) is 0.200. The number of fused-ring (bicyclic) bond motifs is 1. The number of nitrogens with one attached hydrogen (secondary N) is 2. The van der Waals surface area contributed by atoms with Crippen molar-refractivity contribution >= 4 is 29.1 Å². The first-order valence-electron chi connectivity index (χ1n) is 9.03. The van der Waals surface area contributed by atoms with Crippen molar-refractivity contribution in [3.05, 3.63) is 65.1 Å². The van der Waals surface area contributed by atoms with E-state index in [1.807, 2.05) is 18.2 Å². The molecule has 1 aromatic heterocycles. The molecule has 29 heavy (non-hydrogen) atoms. The number of rotatable bonds is 5. The van der Waals surface area contributed by atoms with Crippen LogP contribution in [-0.2, 0) is 16.1 Å². The summed E-state index contributed by atoms with van der Waals surface area (Å²) in [5.74, 6) is -1.42. The lowest BCUT2D eigenvalue weighted by Crippen LogP contribution is -2.36. The van der Waals surface area contributed by atoms with Crippen molar-refractivity contribution in [3.8, 4) is 11.3 Å². The Morgan fingerprint density at radius 3 is 2.97 bits per heavy atom. The van der Waals surface area contributed by atoms with Crippen LogP contribution in [0.1, 0.15) is 17.9 Å². The second kappa shape index (κ2) is 8.00. The number of benzene rings is 2. The summed E-state index contributed by atoms with van der Waals surface area (Å²) >= 11 is 5.77. The number of para-hydroxylation sites is 1. The van der Waals surface area contributed by atoms with Gasteiger partial charge in [0, 0.05) is 29.2 Å². The van der Waals surface area contributed by atoms with Gasteiger partial charge in [-0.2, -0.15) is 0 Å². The molecule has 0 spiro atoms. The van der Waals surface area contributed by atoms with Crippen LogP contribution in [0.25, 0.3) is 11.3 Å². The van der Waals surface area contributed by atoms with Crippen LogP contribution in [-0.4, -0.2) is 33.4 Å². The molecule has 0 saturated carbocycles. The van der Waals surface area contributed by atoms with Crippen molar-refractivity contribution in [2.45, 2.75) is 18.9 Å². The van der Waals surface area contributed by atoms with E-state index in [4.69, 9.17) is 11.6 Å². The molecular formula is C20H17ClFN5O2. The summed E-state index contributed by atoms with van der Waals surface area (Å²) in [6.45, 7) is 0.652. The van der Waals surface area contributed by atoms with E-state index in [0.29, 0.717) is 35.1 Å². The fourth-order valence-electron chi connectivity index (χ4n) is 3.29. The van der Waals surface area contributed by atoms with Gasteiger partial charge in [0.15, 0.2) is 0 Å². The molecule has 4 rings (SSSR count). The molecule has 9 heteroatoms. The number of hydrogen-bond donors (Lipinski definition) is 2. The molecule has 2 aromatic carbocycles. The number of nitrogens with zero attached hydrogens (tertiary/aromatic N) is 3. The minimum atomic E-state index is -0.533. The number of carbonyl (C=O) groups is 2. The SMILES string of the molecule is O=C1CC(C(=O)NCCn2cc(-c3ccc(Cl)cc3F)nn2)c2ccccc2N1. The molecule has 0 bridgehead atoms. The molecule has 1 unspecified atom stereocenters. The zero-order valence-corrected chi connectivity index (χ0v) is 16.0. The van der Waals surface area contributed by atoms with Crippen molar-refractivity contribution < 1.29 is 14.0 Å². The van der Waals surface area contributed by atoms with Gasteiger partial charge in [-0.15, -0.1) is 5.10 Å². The van der Waals surface area contributed by atoms with Crippen LogP contribution in [0.3, 0.4) is 0 Å². The van der Waals surface area contributed by atoms with Gasteiger partial charge < -0.3 is 10.6 Å². The van der Waals surface area contributed by atoms with Crippen molar-refractivity contribution in [2.75, 3.05) is 11.9 Å². The summed E-state index contributed by atoms with van der Waals surface area (Å²) < 4.78 is 15.5. The molecule has 148 valence electrons. The highest BCUT2D eigenvalue weighted by atomic mass is 35.5. The first-order chi connectivity index (χ1) is 14.0. The van der Waals surface area contributed by atoms with Gasteiger partial charge in [0.1, 0.15) is 11.5 Å². The van der Waals surface area contributed by atoms with Gasteiger partial charge in [-0.25, -0.2) is 4.39 Å². The molecule has 7 nitrogen and oxygen atoms in total. The van der Waals surface area contributed by atoms with E-state index in [1.165, 1.54) is 10.7 Å². The lowest BCUT2D eigenvalue weighted by Gasteiger charge is -2.24. The normalized spacial score (nSPS) is 15.5. The van der Waals surface area contributed by atoms with E-state index < -0.39 is 11.7 Å². The van der Waals surface area contributed by atoms with E-state index >= 15 is 0 Å². The molecule has 1 aliphatic rings. The molecule has 2 amide bonds. The third-order valence-electron chi connectivity index (χ3n) is 4.70. The zero-order chi connectivity index (χ0) is 20.4. The smallest absolute Gasteiger partial charge is 0.228 e. The summed E-state index contributed by atoms with van der Waals surface area (Å²) in [6, 6.07) is 11.6. The maximum absolute atomic E-state index is 14.0. The fourth-order valence-corrected chi connectivity index (χ4v) is 3.45. The Labute approximate surface area is 170 Å².